The van der Waals surface area contributed by atoms with E-state index in [0.717, 1.165) is 11.0 Å². The first-order valence-electron chi connectivity index (χ1n) is 11.3. The molecule has 4 rings (SSSR count). The van der Waals surface area contributed by atoms with Gasteiger partial charge in [0.05, 0.1) is 18.2 Å². The number of hydrogen-bond donors (Lipinski definition) is 1. The molecular weight excluding hydrogens is 488 g/mol. The number of methoxy groups -OCH3 is 1. The zero-order chi connectivity index (χ0) is 26.1. The lowest BCUT2D eigenvalue weighted by atomic mass is 9.89. The minimum Gasteiger partial charge on any atom is -0.497 e. The second-order valence-corrected chi connectivity index (χ2v) is 8.59. The first kappa shape index (κ1) is 25.6. The van der Waals surface area contributed by atoms with Crippen molar-refractivity contribution in [2.75, 3.05) is 17.3 Å². The van der Waals surface area contributed by atoms with Crippen LogP contribution in [0.1, 0.15) is 31.2 Å². The maximum atomic E-state index is 13.6. The van der Waals surface area contributed by atoms with Gasteiger partial charge in [0.25, 0.3) is 0 Å². The van der Waals surface area contributed by atoms with Gasteiger partial charge in [0.2, 0.25) is 0 Å². The molecule has 0 unspecified atom stereocenters. The summed E-state index contributed by atoms with van der Waals surface area (Å²) in [5.74, 6) is -1.62. The SMILES string of the molecule is COc1cccc(N(C(=O)C(F)(F)F)C2CCC(Nc3cc(C(F)(F)F)c4ccccc4n3)CC2)c1. The number of nitrogens with zero attached hydrogens (tertiary/aromatic N) is 2. The summed E-state index contributed by atoms with van der Waals surface area (Å²) in [5, 5.41) is 2.99. The maximum absolute atomic E-state index is 13.6. The molecule has 5 nitrogen and oxygen atoms in total. The van der Waals surface area contributed by atoms with Gasteiger partial charge in [-0.2, -0.15) is 26.3 Å². The Morgan fingerprint density at radius 3 is 2.31 bits per heavy atom. The molecule has 0 aliphatic heterocycles. The average molecular weight is 511 g/mol. The minimum absolute atomic E-state index is 0.0150. The second kappa shape index (κ2) is 9.87. The molecule has 11 heteroatoms. The van der Waals surface area contributed by atoms with Crippen molar-refractivity contribution in [2.24, 2.45) is 0 Å². The first-order valence-corrected chi connectivity index (χ1v) is 11.3. The fourth-order valence-corrected chi connectivity index (χ4v) is 4.56. The van der Waals surface area contributed by atoms with Gasteiger partial charge < -0.3 is 15.0 Å². The molecule has 0 radical (unpaired) electrons. The van der Waals surface area contributed by atoms with Crippen LogP contribution in [0.25, 0.3) is 10.9 Å². The molecule has 0 bridgehead atoms. The molecule has 1 aromatic heterocycles. The fraction of sp³-hybridized carbons (Fsp3) is 0.360. The monoisotopic (exact) mass is 511 g/mol. The quantitative estimate of drug-likeness (QED) is 0.393. The van der Waals surface area contributed by atoms with E-state index >= 15 is 0 Å². The third-order valence-electron chi connectivity index (χ3n) is 6.23. The third kappa shape index (κ3) is 5.50. The van der Waals surface area contributed by atoms with Gasteiger partial charge in [0, 0.05) is 29.2 Å². The van der Waals surface area contributed by atoms with Gasteiger partial charge in [-0.3, -0.25) is 4.79 Å². The molecule has 36 heavy (non-hydrogen) atoms. The van der Waals surface area contributed by atoms with Crippen molar-refractivity contribution < 1.29 is 35.9 Å². The number of pyridine rings is 1. The number of nitrogens with one attached hydrogen (secondary N) is 1. The molecule has 1 N–H and O–H groups in total. The van der Waals surface area contributed by atoms with Gasteiger partial charge in [-0.15, -0.1) is 0 Å². The normalized spacial score (nSPS) is 18.6. The van der Waals surface area contributed by atoms with Crippen molar-refractivity contribution in [3.8, 4) is 5.75 Å². The van der Waals surface area contributed by atoms with E-state index in [9.17, 15) is 31.1 Å². The van der Waals surface area contributed by atoms with E-state index in [1.165, 1.54) is 43.5 Å². The molecule has 0 atom stereocenters. The maximum Gasteiger partial charge on any atom is 0.471 e. The van der Waals surface area contributed by atoms with Crippen molar-refractivity contribution in [3.05, 3.63) is 60.2 Å². The molecular formula is C25H23F6N3O2. The minimum atomic E-state index is -5.07. The molecule has 3 aromatic rings. The molecule has 2 aromatic carbocycles. The average Bonchev–Trinajstić information content (AvgIpc) is 2.83. The number of rotatable bonds is 5. The highest BCUT2D eigenvalue weighted by atomic mass is 19.4. The van der Waals surface area contributed by atoms with E-state index in [1.807, 2.05) is 0 Å². The Hall–Kier alpha value is -3.50. The van der Waals surface area contributed by atoms with Gasteiger partial charge in [-0.25, -0.2) is 4.98 Å². The van der Waals surface area contributed by atoms with Gasteiger partial charge in [0.15, 0.2) is 0 Å². The number of para-hydroxylation sites is 1. The third-order valence-corrected chi connectivity index (χ3v) is 6.23. The van der Waals surface area contributed by atoms with E-state index in [-0.39, 0.29) is 41.3 Å². The van der Waals surface area contributed by atoms with Gasteiger partial charge in [-0.1, -0.05) is 24.3 Å². The summed E-state index contributed by atoms with van der Waals surface area (Å²) in [6.45, 7) is 0. The van der Waals surface area contributed by atoms with Crippen LogP contribution in [0.3, 0.4) is 0 Å². The van der Waals surface area contributed by atoms with E-state index in [0.29, 0.717) is 18.6 Å². The zero-order valence-electron chi connectivity index (χ0n) is 19.2. The van der Waals surface area contributed by atoms with Crippen LogP contribution in [0.4, 0.5) is 37.8 Å². The summed E-state index contributed by atoms with van der Waals surface area (Å²) < 4.78 is 86.2. The van der Waals surface area contributed by atoms with Crippen LogP contribution >= 0.6 is 0 Å². The van der Waals surface area contributed by atoms with E-state index in [4.69, 9.17) is 4.74 Å². The standard InChI is InChI=1S/C25H23F6N3O2/c1-36-18-6-4-5-17(13-18)34(23(35)25(29,30)31)16-11-9-15(10-12-16)32-22-14-20(24(26,27)28)19-7-2-3-8-21(19)33-22/h2-8,13-16H,9-12H2,1H3,(H,32,33). The van der Waals surface area contributed by atoms with Crippen LogP contribution in [0.15, 0.2) is 54.6 Å². The van der Waals surface area contributed by atoms with Gasteiger partial charge in [0.1, 0.15) is 11.6 Å². The van der Waals surface area contributed by atoms with Crippen molar-refractivity contribution >= 4 is 28.3 Å². The Morgan fingerprint density at radius 2 is 1.67 bits per heavy atom. The topological polar surface area (TPSA) is 54.5 Å². The molecule has 0 spiro atoms. The molecule has 1 amide bonds. The number of ether oxygens (including phenoxy) is 1. The number of aromatic nitrogens is 1. The van der Waals surface area contributed by atoms with Crippen molar-refractivity contribution in [1.82, 2.24) is 4.98 Å². The number of anilines is 2. The number of carbonyl (C=O) groups excluding carboxylic acids is 1. The van der Waals surface area contributed by atoms with Crippen molar-refractivity contribution in [1.29, 1.82) is 0 Å². The van der Waals surface area contributed by atoms with Crippen LogP contribution in [-0.4, -0.2) is 36.3 Å². The first-order chi connectivity index (χ1) is 17.0. The number of carbonyl (C=O) groups is 1. The Morgan fingerprint density at radius 1 is 0.972 bits per heavy atom. The van der Waals surface area contributed by atoms with E-state index in [2.05, 4.69) is 10.3 Å². The lowest BCUT2D eigenvalue weighted by molar-refractivity contribution is -0.171. The number of alkyl halides is 6. The summed E-state index contributed by atoms with van der Waals surface area (Å²) in [4.78, 5) is 17.4. The van der Waals surface area contributed by atoms with Gasteiger partial charge >= 0.3 is 18.3 Å². The highest BCUT2D eigenvalue weighted by Crippen LogP contribution is 2.37. The summed E-state index contributed by atoms with van der Waals surface area (Å²) >= 11 is 0. The van der Waals surface area contributed by atoms with Crippen LogP contribution in [0.5, 0.6) is 5.75 Å². The van der Waals surface area contributed by atoms with Crippen LogP contribution in [0, 0.1) is 0 Å². The lowest BCUT2D eigenvalue weighted by Crippen LogP contribution is -2.49. The van der Waals surface area contributed by atoms with Crippen LogP contribution in [-0.2, 0) is 11.0 Å². The number of fused-ring (bicyclic) bond motifs is 1. The zero-order valence-corrected chi connectivity index (χ0v) is 19.2. The van der Waals surface area contributed by atoms with Crippen molar-refractivity contribution in [3.63, 3.8) is 0 Å². The van der Waals surface area contributed by atoms with Crippen LogP contribution in [0.2, 0.25) is 0 Å². The lowest BCUT2D eigenvalue weighted by Gasteiger charge is -2.37. The number of benzene rings is 2. The Balaban J connectivity index is 1.53. The smallest absolute Gasteiger partial charge is 0.471 e. The Kier molecular flexibility index (Phi) is 7.01. The summed E-state index contributed by atoms with van der Waals surface area (Å²) in [7, 11) is 1.37. The van der Waals surface area contributed by atoms with Crippen molar-refractivity contribution in [2.45, 2.75) is 50.1 Å². The molecule has 192 valence electrons. The second-order valence-electron chi connectivity index (χ2n) is 8.59. The highest BCUT2D eigenvalue weighted by molar-refractivity contribution is 5.98. The Labute approximate surface area is 203 Å². The molecule has 0 saturated heterocycles. The molecule has 1 heterocycles. The predicted octanol–water partition coefficient (Wildman–Crippen LogP) is 6.58. The number of hydrogen-bond acceptors (Lipinski definition) is 4. The molecule has 1 aliphatic rings. The number of halogens is 6. The van der Waals surface area contributed by atoms with Crippen LogP contribution < -0.4 is 15.0 Å². The Bertz CT molecular complexity index is 1240. The summed E-state index contributed by atoms with van der Waals surface area (Å²) in [5.41, 5.74) is -0.563. The molecule has 1 aliphatic carbocycles. The summed E-state index contributed by atoms with van der Waals surface area (Å²) in [6.07, 6.45) is -8.53. The fourth-order valence-electron chi connectivity index (χ4n) is 4.56. The largest absolute Gasteiger partial charge is 0.497 e. The van der Waals surface area contributed by atoms with E-state index < -0.39 is 29.9 Å². The van der Waals surface area contributed by atoms with E-state index in [1.54, 1.807) is 12.1 Å². The predicted molar refractivity (Wildman–Crippen MR) is 123 cm³/mol. The highest BCUT2D eigenvalue weighted by Gasteiger charge is 2.46. The van der Waals surface area contributed by atoms with Gasteiger partial charge in [-0.05, 0) is 49.9 Å². The summed E-state index contributed by atoms with van der Waals surface area (Å²) in [6, 6.07) is 11.7. The molecule has 1 saturated carbocycles. The number of amides is 1. The molecule has 1 fully saturated rings.